The molecule has 158 valence electrons. The average molecular weight is 415 g/mol. The molecule has 31 heavy (non-hydrogen) atoms. The van der Waals surface area contributed by atoms with Gasteiger partial charge in [-0.15, -0.1) is 0 Å². The molecule has 0 saturated carbocycles. The molecule has 0 radical (unpaired) electrons. The van der Waals surface area contributed by atoms with Gasteiger partial charge >= 0.3 is 0 Å². The van der Waals surface area contributed by atoms with Crippen molar-refractivity contribution in [2.24, 2.45) is 11.8 Å². The Bertz CT molecular complexity index is 956. The van der Waals surface area contributed by atoms with Gasteiger partial charge in [0, 0.05) is 11.8 Å². The van der Waals surface area contributed by atoms with Gasteiger partial charge < -0.3 is 4.48 Å². The van der Waals surface area contributed by atoms with E-state index in [2.05, 4.69) is 18.2 Å². The number of allylic oxidation sites excluding steroid dienone is 2. The first kappa shape index (κ1) is 21.0. The first-order valence-electron chi connectivity index (χ1n) is 10.8. The normalized spacial score (nSPS) is 25.4. The molecule has 0 unspecified atom stereocenters. The van der Waals surface area contributed by atoms with Crippen LogP contribution in [0.5, 0.6) is 0 Å². The van der Waals surface area contributed by atoms with Gasteiger partial charge in [0.2, 0.25) is 11.8 Å². The summed E-state index contributed by atoms with van der Waals surface area (Å²) in [7, 11) is 3.89. The van der Waals surface area contributed by atoms with E-state index in [0.29, 0.717) is 24.1 Å². The Labute approximate surface area is 183 Å². The molecule has 2 amide bonds. The molecule has 0 N–H and O–H groups in total. The number of amides is 2. The van der Waals surface area contributed by atoms with E-state index in [4.69, 9.17) is 5.26 Å². The minimum absolute atomic E-state index is 0.0916. The Morgan fingerprint density at radius 2 is 1.29 bits per heavy atom. The molecule has 4 rings (SSSR count). The highest BCUT2D eigenvalue weighted by Crippen LogP contribution is 2.49. The number of hydrogen-bond donors (Lipinski definition) is 0. The average Bonchev–Trinajstić information content (AvgIpc) is 3.03. The van der Waals surface area contributed by atoms with Crippen LogP contribution < -0.4 is 0 Å². The van der Waals surface area contributed by atoms with Crippen LogP contribution in [0.4, 0.5) is 0 Å². The molecule has 0 aromatic heterocycles. The van der Waals surface area contributed by atoms with Gasteiger partial charge in [-0.2, -0.15) is 5.26 Å². The van der Waals surface area contributed by atoms with E-state index in [1.54, 1.807) is 0 Å². The van der Waals surface area contributed by atoms with Crippen LogP contribution in [0, 0.1) is 23.2 Å². The summed E-state index contributed by atoms with van der Waals surface area (Å²) in [5, 5.41) is 9.07. The van der Waals surface area contributed by atoms with Crippen LogP contribution in [-0.2, 0) is 9.59 Å². The predicted octanol–water partition coefficient (Wildman–Crippen LogP) is 3.32. The van der Waals surface area contributed by atoms with E-state index in [-0.39, 0.29) is 23.7 Å². The molecule has 0 spiro atoms. The van der Waals surface area contributed by atoms with Crippen LogP contribution in [0.3, 0.4) is 0 Å². The highest BCUT2D eigenvalue weighted by molar-refractivity contribution is 6.06. The van der Waals surface area contributed by atoms with Crippen LogP contribution >= 0.6 is 0 Å². The summed E-state index contributed by atoms with van der Waals surface area (Å²) in [6.45, 7) is 1.23. The van der Waals surface area contributed by atoms with E-state index in [9.17, 15) is 9.59 Å². The Morgan fingerprint density at radius 3 is 1.71 bits per heavy atom. The number of carbonyl (C=O) groups is 2. The summed E-state index contributed by atoms with van der Waals surface area (Å²) in [6.07, 6.45) is 4.22. The zero-order chi connectivity index (χ0) is 22.0. The maximum atomic E-state index is 13.6. The number of imide groups is 1. The lowest BCUT2D eigenvalue weighted by Crippen LogP contribution is -2.47. The molecule has 1 heterocycles. The summed E-state index contributed by atoms with van der Waals surface area (Å²) in [5.41, 5.74) is 2.12. The number of fused-ring (bicyclic) bond motifs is 1. The quantitative estimate of drug-likeness (QED) is 0.315. The van der Waals surface area contributed by atoms with Gasteiger partial charge in [-0.3, -0.25) is 14.5 Å². The van der Waals surface area contributed by atoms with Crippen molar-refractivity contribution in [1.82, 2.24) is 4.90 Å². The fraction of sp³-hybridized carbons (Fsp3) is 0.346. The van der Waals surface area contributed by atoms with Crippen LogP contribution in [0.15, 0.2) is 72.8 Å². The van der Waals surface area contributed by atoms with Crippen molar-refractivity contribution in [1.29, 1.82) is 5.26 Å². The van der Waals surface area contributed by atoms with E-state index < -0.39 is 11.8 Å². The van der Waals surface area contributed by atoms with E-state index in [1.165, 1.54) is 4.90 Å². The second kappa shape index (κ2) is 8.49. The van der Waals surface area contributed by atoms with Gasteiger partial charge in [-0.25, -0.2) is 0 Å². The molecule has 5 heteroatoms. The molecule has 2 aromatic carbocycles. The molecule has 5 nitrogen and oxygen atoms in total. The standard InChI is InChI=1S/C26H28N3O2/c1-29(2,17-15-27)18-16-28-25(30)23-21(19-9-5-3-6-10-19)13-14-22(24(23)26(28)31)20-11-7-4-8-12-20/h3-14,21-24H,16-18H2,1-2H3/q+1/t21-,22+,23-,24-/m1/s1. The Balaban J connectivity index is 1.69. The first-order valence-corrected chi connectivity index (χ1v) is 10.8. The predicted molar refractivity (Wildman–Crippen MR) is 119 cm³/mol. The van der Waals surface area contributed by atoms with Crippen molar-refractivity contribution in [2.45, 2.75) is 11.8 Å². The maximum Gasteiger partial charge on any atom is 0.234 e. The van der Waals surface area contributed by atoms with Gasteiger partial charge in [0.25, 0.3) is 0 Å². The SMILES string of the molecule is C[N+](C)(CC#N)CCN1C(=O)[C@H]2[C@H](C1=O)[C@H](c1ccccc1)C=C[C@@H]2c1ccccc1. The van der Waals surface area contributed by atoms with Crippen molar-refractivity contribution in [3.05, 3.63) is 83.9 Å². The molecule has 2 aromatic rings. The minimum Gasteiger partial charge on any atom is -0.315 e. The number of nitriles is 1. The third kappa shape index (κ3) is 4.04. The van der Waals surface area contributed by atoms with E-state index in [1.807, 2.05) is 74.8 Å². The number of carbonyl (C=O) groups excluding carboxylic acids is 2. The molecule has 1 aliphatic heterocycles. The summed E-state index contributed by atoms with van der Waals surface area (Å²) in [4.78, 5) is 28.6. The van der Waals surface area contributed by atoms with Crippen LogP contribution in [0.1, 0.15) is 23.0 Å². The Morgan fingerprint density at radius 1 is 0.839 bits per heavy atom. The minimum atomic E-state index is -0.406. The number of likely N-dealkylation sites (tertiary alicyclic amines) is 1. The van der Waals surface area contributed by atoms with Crippen molar-refractivity contribution in [3.63, 3.8) is 0 Å². The van der Waals surface area contributed by atoms with Gasteiger partial charge in [-0.05, 0) is 11.1 Å². The lowest BCUT2D eigenvalue weighted by atomic mass is 9.68. The highest BCUT2D eigenvalue weighted by Gasteiger charge is 2.55. The molecular formula is C26H28N3O2+. The van der Waals surface area contributed by atoms with E-state index in [0.717, 1.165) is 11.1 Å². The Hall–Kier alpha value is -3.23. The zero-order valence-corrected chi connectivity index (χ0v) is 18.0. The third-order valence-corrected chi connectivity index (χ3v) is 6.59. The molecule has 1 aliphatic carbocycles. The lowest BCUT2D eigenvalue weighted by molar-refractivity contribution is -0.882. The summed E-state index contributed by atoms with van der Waals surface area (Å²) in [6, 6.07) is 22.1. The zero-order valence-electron chi connectivity index (χ0n) is 18.0. The largest absolute Gasteiger partial charge is 0.315 e. The fourth-order valence-electron chi connectivity index (χ4n) is 4.86. The fourth-order valence-corrected chi connectivity index (χ4v) is 4.86. The Kier molecular flexibility index (Phi) is 5.75. The summed E-state index contributed by atoms with van der Waals surface area (Å²) < 4.78 is 0.450. The lowest BCUT2D eigenvalue weighted by Gasteiger charge is -2.32. The summed E-state index contributed by atoms with van der Waals surface area (Å²) >= 11 is 0. The number of rotatable bonds is 6. The number of quaternary nitrogens is 1. The second-order valence-electron chi connectivity index (χ2n) is 9.11. The van der Waals surface area contributed by atoms with Crippen molar-refractivity contribution >= 4 is 11.8 Å². The number of hydrogen-bond acceptors (Lipinski definition) is 3. The number of nitrogens with zero attached hydrogens (tertiary/aromatic N) is 3. The smallest absolute Gasteiger partial charge is 0.234 e. The van der Waals surface area contributed by atoms with Crippen molar-refractivity contribution in [2.75, 3.05) is 33.7 Å². The van der Waals surface area contributed by atoms with Gasteiger partial charge in [0.15, 0.2) is 6.54 Å². The van der Waals surface area contributed by atoms with Crippen molar-refractivity contribution in [3.8, 4) is 6.07 Å². The topological polar surface area (TPSA) is 61.2 Å². The molecular weight excluding hydrogens is 386 g/mol. The van der Waals surface area contributed by atoms with Crippen LogP contribution in [0.25, 0.3) is 0 Å². The van der Waals surface area contributed by atoms with E-state index >= 15 is 0 Å². The first-order chi connectivity index (χ1) is 14.9. The van der Waals surface area contributed by atoms with Gasteiger partial charge in [0.05, 0.1) is 39.0 Å². The molecule has 4 atom stereocenters. The number of likely N-dealkylation sites (N-methyl/N-ethyl adjacent to an activating group) is 1. The van der Waals surface area contributed by atoms with Gasteiger partial charge in [0.1, 0.15) is 6.07 Å². The third-order valence-electron chi connectivity index (χ3n) is 6.59. The van der Waals surface area contributed by atoms with Crippen molar-refractivity contribution < 1.29 is 14.1 Å². The second-order valence-corrected chi connectivity index (χ2v) is 9.11. The molecule has 0 bridgehead atoms. The molecule has 1 fully saturated rings. The molecule has 2 aliphatic rings. The number of benzene rings is 2. The maximum absolute atomic E-state index is 13.6. The van der Waals surface area contributed by atoms with Gasteiger partial charge in [-0.1, -0.05) is 72.8 Å². The van der Waals surface area contributed by atoms with Crippen LogP contribution in [-0.4, -0.2) is 54.9 Å². The summed E-state index contributed by atoms with van der Waals surface area (Å²) in [5.74, 6) is -1.23. The van der Waals surface area contributed by atoms with Crippen LogP contribution in [0.2, 0.25) is 0 Å². The monoisotopic (exact) mass is 414 g/mol. The molecule has 1 saturated heterocycles. The highest BCUT2D eigenvalue weighted by atomic mass is 16.2.